The van der Waals surface area contributed by atoms with Crippen LogP contribution in [0.5, 0.6) is 5.75 Å². The van der Waals surface area contributed by atoms with Gasteiger partial charge >= 0.3 is 12.4 Å². The van der Waals surface area contributed by atoms with Crippen LogP contribution >= 0.6 is 23.2 Å². The Bertz CT molecular complexity index is 942. The minimum Gasteiger partial charge on any atom is -0.506 e. The predicted octanol–water partition coefficient (Wildman–Crippen LogP) is 5.82. The SMILES string of the molecule is O=C(CCc1cc(C(F)(F)F)cc(C(F)(F)F)c1)NN=Cc1cc(Cl)cc(Cl)c1O. The van der Waals surface area contributed by atoms with E-state index in [2.05, 4.69) is 5.10 Å². The van der Waals surface area contributed by atoms with Gasteiger partial charge in [-0.3, -0.25) is 4.79 Å². The molecule has 0 aliphatic carbocycles. The van der Waals surface area contributed by atoms with Crippen LogP contribution in [0.1, 0.15) is 28.7 Å². The van der Waals surface area contributed by atoms with Gasteiger partial charge in [0.25, 0.3) is 0 Å². The number of hydrogen-bond acceptors (Lipinski definition) is 3. The molecule has 0 spiro atoms. The summed E-state index contributed by atoms with van der Waals surface area (Å²) >= 11 is 11.5. The summed E-state index contributed by atoms with van der Waals surface area (Å²) in [5, 5.41) is 13.4. The molecular weight excluding hydrogens is 461 g/mol. The third-order valence-electron chi connectivity index (χ3n) is 3.74. The van der Waals surface area contributed by atoms with Gasteiger partial charge < -0.3 is 5.11 Å². The van der Waals surface area contributed by atoms with Gasteiger partial charge in [0.05, 0.1) is 22.4 Å². The summed E-state index contributed by atoms with van der Waals surface area (Å²) in [6.07, 6.45) is -9.73. The third kappa shape index (κ3) is 6.53. The first kappa shape index (κ1) is 23.8. The van der Waals surface area contributed by atoms with E-state index in [0.29, 0.717) is 12.1 Å². The van der Waals surface area contributed by atoms with E-state index in [4.69, 9.17) is 23.2 Å². The fraction of sp³-hybridized carbons (Fsp3) is 0.222. The summed E-state index contributed by atoms with van der Waals surface area (Å²) in [5.41, 5.74) is -1.10. The second kappa shape index (κ2) is 9.13. The number of alkyl halides is 6. The Morgan fingerprint density at radius 2 is 1.57 bits per heavy atom. The molecule has 4 nitrogen and oxygen atoms in total. The van der Waals surface area contributed by atoms with Crippen molar-refractivity contribution in [2.75, 3.05) is 0 Å². The van der Waals surface area contributed by atoms with Crippen LogP contribution in [0, 0.1) is 0 Å². The van der Waals surface area contributed by atoms with Crippen molar-refractivity contribution < 1.29 is 36.2 Å². The molecule has 12 heteroatoms. The molecule has 0 fully saturated rings. The van der Waals surface area contributed by atoms with E-state index in [0.717, 1.165) is 6.21 Å². The number of hydrogen-bond donors (Lipinski definition) is 2. The molecule has 0 aliphatic heterocycles. The highest BCUT2D eigenvalue weighted by Gasteiger charge is 2.36. The summed E-state index contributed by atoms with van der Waals surface area (Å²) in [7, 11) is 0. The van der Waals surface area contributed by atoms with E-state index in [-0.39, 0.29) is 39.4 Å². The van der Waals surface area contributed by atoms with Gasteiger partial charge in [-0.2, -0.15) is 31.4 Å². The van der Waals surface area contributed by atoms with Crippen LogP contribution in [0.3, 0.4) is 0 Å². The first-order valence-electron chi connectivity index (χ1n) is 8.05. The molecule has 0 bridgehead atoms. The molecule has 0 radical (unpaired) electrons. The quantitative estimate of drug-likeness (QED) is 0.327. The second-order valence-electron chi connectivity index (χ2n) is 6.03. The first-order valence-corrected chi connectivity index (χ1v) is 8.81. The number of rotatable bonds is 5. The maximum atomic E-state index is 12.8. The topological polar surface area (TPSA) is 61.7 Å². The van der Waals surface area contributed by atoms with E-state index < -0.39 is 35.8 Å². The van der Waals surface area contributed by atoms with Crippen LogP contribution in [0.25, 0.3) is 0 Å². The van der Waals surface area contributed by atoms with Crippen molar-refractivity contribution in [1.82, 2.24) is 5.43 Å². The molecule has 1 amide bonds. The standard InChI is InChI=1S/C18H12Cl2F6N2O2/c19-13-5-10(16(30)14(20)7-13)8-27-28-15(29)2-1-9-3-11(17(21,22)23)6-12(4-9)18(24,25)26/h3-8,30H,1-2H2,(H,28,29). The average molecular weight is 473 g/mol. The number of halogens is 8. The second-order valence-corrected chi connectivity index (χ2v) is 6.88. The molecule has 0 unspecified atom stereocenters. The first-order chi connectivity index (χ1) is 13.8. The van der Waals surface area contributed by atoms with E-state index in [9.17, 15) is 36.2 Å². The van der Waals surface area contributed by atoms with Gasteiger partial charge in [-0.1, -0.05) is 23.2 Å². The molecule has 30 heavy (non-hydrogen) atoms. The van der Waals surface area contributed by atoms with Crippen LogP contribution in [0.2, 0.25) is 10.0 Å². The summed E-state index contributed by atoms with van der Waals surface area (Å²) < 4.78 is 77.1. The lowest BCUT2D eigenvalue weighted by molar-refractivity contribution is -0.143. The van der Waals surface area contributed by atoms with Gasteiger partial charge in [0.2, 0.25) is 5.91 Å². The summed E-state index contributed by atoms with van der Waals surface area (Å²) in [6.45, 7) is 0. The monoisotopic (exact) mass is 472 g/mol. The number of phenolic OH excluding ortho intramolecular Hbond substituents is 1. The highest BCUT2D eigenvalue weighted by Crippen LogP contribution is 2.36. The molecule has 0 saturated carbocycles. The fourth-order valence-electron chi connectivity index (χ4n) is 2.34. The van der Waals surface area contributed by atoms with Crippen LogP contribution in [0.4, 0.5) is 26.3 Å². The zero-order valence-electron chi connectivity index (χ0n) is 14.7. The van der Waals surface area contributed by atoms with Gasteiger partial charge in [-0.05, 0) is 42.3 Å². The molecule has 0 aliphatic rings. The van der Waals surface area contributed by atoms with Gasteiger partial charge in [0.1, 0.15) is 5.75 Å². The Kier molecular flexibility index (Phi) is 7.25. The van der Waals surface area contributed by atoms with Crippen LogP contribution in [-0.4, -0.2) is 17.2 Å². The number of aromatic hydroxyl groups is 1. The number of phenols is 1. The average Bonchev–Trinajstić information content (AvgIpc) is 2.62. The molecule has 0 heterocycles. The smallest absolute Gasteiger partial charge is 0.416 e. The molecule has 2 aromatic rings. The highest BCUT2D eigenvalue weighted by atomic mass is 35.5. The Hall–Kier alpha value is -2.46. The lowest BCUT2D eigenvalue weighted by Crippen LogP contribution is -2.18. The zero-order chi connectivity index (χ0) is 22.7. The minimum atomic E-state index is -4.97. The Labute approximate surface area is 176 Å². The number of nitrogens with one attached hydrogen (secondary N) is 1. The minimum absolute atomic E-state index is 0.0104. The summed E-state index contributed by atoms with van der Waals surface area (Å²) in [5.74, 6) is -1.12. The van der Waals surface area contributed by atoms with Crippen molar-refractivity contribution in [3.63, 3.8) is 0 Å². The Balaban J connectivity index is 2.07. The number of carbonyl (C=O) groups excluding carboxylic acids is 1. The number of carbonyl (C=O) groups is 1. The van der Waals surface area contributed by atoms with Crippen LogP contribution < -0.4 is 5.43 Å². The fourth-order valence-corrected chi connectivity index (χ4v) is 2.84. The number of benzene rings is 2. The largest absolute Gasteiger partial charge is 0.506 e. The number of hydrazone groups is 1. The van der Waals surface area contributed by atoms with Crippen molar-refractivity contribution in [1.29, 1.82) is 0 Å². The number of aryl methyl sites for hydroxylation is 1. The zero-order valence-corrected chi connectivity index (χ0v) is 16.2. The van der Waals surface area contributed by atoms with Crippen molar-refractivity contribution in [2.24, 2.45) is 5.10 Å². The van der Waals surface area contributed by atoms with Gasteiger partial charge in [-0.25, -0.2) is 5.43 Å². The van der Waals surface area contributed by atoms with Crippen molar-refractivity contribution in [3.05, 3.63) is 62.6 Å². The van der Waals surface area contributed by atoms with E-state index in [1.807, 2.05) is 5.43 Å². The lowest BCUT2D eigenvalue weighted by atomic mass is 10.0. The Morgan fingerprint density at radius 3 is 2.10 bits per heavy atom. The van der Waals surface area contributed by atoms with E-state index >= 15 is 0 Å². The van der Waals surface area contributed by atoms with Gasteiger partial charge in [0, 0.05) is 17.0 Å². The third-order valence-corrected chi connectivity index (χ3v) is 4.25. The molecule has 2 aromatic carbocycles. The molecule has 0 aromatic heterocycles. The Morgan fingerprint density at radius 1 is 1.00 bits per heavy atom. The summed E-state index contributed by atoms with van der Waals surface area (Å²) in [4.78, 5) is 11.8. The van der Waals surface area contributed by atoms with Gasteiger partial charge in [-0.15, -0.1) is 0 Å². The molecule has 2 rings (SSSR count). The molecule has 0 atom stereocenters. The van der Waals surface area contributed by atoms with E-state index in [1.165, 1.54) is 12.1 Å². The van der Waals surface area contributed by atoms with Crippen LogP contribution in [0.15, 0.2) is 35.4 Å². The number of amides is 1. The maximum Gasteiger partial charge on any atom is 0.416 e. The molecular formula is C18H12Cl2F6N2O2. The lowest BCUT2D eigenvalue weighted by Gasteiger charge is -2.14. The highest BCUT2D eigenvalue weighted by molar-refractivity contribution is 6.36. The van der Waals surface area contributed by atoms with Crippen molar-refractivity contribution in [2.45, 2.75) is 25.2 Å². The molecule has 0 saturated heterocycles. The maximum absolute atomic E-state index is 12.8. The molecule has 2 N–H and O–H groups in total. The van der Waals surface area contributed by atoms with E-state index in [1.54, 1.807) is 0 Å². The molecule has 162 valence electrons. The normalized spacial score (nSPS) is 12.4. The van der Waals surface area contributed by atoms with Crippen molar-refractivity contribution >= 4 is 35.3 Å². The van der Waals surface area contributed by atoms with Crippen LogP contribution in [-0.2, 0) is 23.6 Å². The van der Waals surface area contributed by atoms with Gasteiger partial charge in [0.15, 0.2) is 0 Å². The number of nitrogens with zero attached hydrogens (tertiary/aromatic N) is 1. The van der Waals surface area contributed by atoms with Crippen molar-refractivity contribution in [3.8, 4) is 5.75 Å². The summed E-state index contributed by atoms with van der Waals surface area (Å²) in [6, 6.07) is 3.70. The predicted molar refractivity (Wildman–Crippen MR) is 98.6 cm³/mol.